The molecule has 3 N–H and O–H groups in total. The summed E-state index contributed by atoms with van der Waals surface area (Å²) in [4.78, 5) is 8.31. The lowest BCUT2D eigenvalue weighted by Crippen LogP contribution is -2.41. The van der Waals surface area contributed by atoms with Gasteiger partial charge in [-0.1, -0.05) is 0 Å². The first-order valence-corrected chi connectivity index (χ1v) is 9.04. The summed E-state index contributed by atoms with van der Waals surface area (Å²) in [5.74, 6) is 1.35. The Labute approximate surface area is 141 Å². The van der Waals surface area contributed by atoms with Gasteiger partial charge in [-0.15, -0.1) is 0 Å². The van der Waals surface area contributed by atoms with Gasteiger partial charge in [-0.2, -0.15) is 0 Å². The molecule has 0 aliphatic carbocycles. The minimum Gasteiger partial charge on any atom is -0.467 e. The second-order valence-electron chi connectivity index (χ2n) is 4.79. The molecule has 9 heteroatoms. The molecule has 2 aromatic heterocycles. The quantitative estimate of drug-likeness (QED) is 0.367. The normalized spacial score (nSPS) is 12.1. The van der Waals surface area contributed by atoms with Crippen LogP contribution in [0.5, 0.6) is 0 Å². The highest BCUT2D eigenvalue weighted by Crippen LogP contribution is 2.04. The molecule has 0 bridgehead atoms. The molecule has 0 spiro atoms. The molecule has 2 rings (SSSR count). The fraction of sp³-hybridized carbons (Fsp3) is 0.333. The molecule has 0 fully saturated rings. The van der Waals surface area contributed by atoms with Crippen LogP contribution in [0.4, 0.5) is 0 Å². The van der Waals surface area contributed by atoms with Crippen LogP contribution >= 0.6 is 0 Å². The number of guanidine groups is 1. The largest absolute Gasteiger partial charge is 0.467 e. The van der Waals surface area contributed by atoms with Crippen molar-refractivity contribution in [2.24, 2.45) is 4.99 Å². The van der Waals surface area contributed by atoms with Gasteiger partial charge in [0.25, 0.3) is 0 Å². The lowest BCUT2D eigenvalue weighted by Gasteiger charge is -2.11. The summed E-state index contributed by atoms with van der Waals surface area (Å²) in [7, 11) is -3.55. The number of hydrogen-bond acceptors (Lipinski definition) is 5. The van der Waals surface area contributed by atoms with Crippen molar-refractivity contribution in [1.82, 2.24) is 20.3 Å². The maximum atomic E-state index is 12.0. The van der Waals surface area contributed by atoms with Crippen LogP contribution in [0, 0.1) is 0 Å². The minimum absolute atomic E-state index is 0.142. The van der Waals surface area contributed by atoms with Crippen LogP contribution in [0.25, 0.3) is 0 Å². The van der Waals surface area contributed by atoms with Gasteiger partial charge in [-0.25, -0.2) is 18.1 Å². The third-order valence-electron chi connectivity index (χ3n) is 2.97. The highest BCUT2D eigenvalue weighted by Gasteiger charge is 2.12. The Morgan fingerprint density at radius 1 is 1.25 bits per heavy atom. The Morgan fingerprint density at radius 3 is 2.79 bits per heavy atom. The second kappa shape index (κ2) is 9.04. The van der Waals surface area contributed by atoms with E-state index >= 15 is 0 Å². The summed E-state index contributed by atoms with van der Waals surface area (Å²) >= 11 is 0. The number of aromatic nitrogens is 1. The van der Waals surface area contributed by atoms with Crippen molar-refractivity contribution in [3.05, 3.63) is 48.7 Å². The SMILES string of the molecule is CCNC(=NCc1ccco1)NCCNS(=O)(=O)c1cccnc1. The van der Waals surface area contributed by atoms with E-state index in [1.165, 1.54) is 18.5 Å². The summed E-state index contributed by atoms with van der Waals surface area (Å²) < 4.78 is 31.8. The summed E-state index contributed by atoms with van der Waals surface area (Å²) in [5, 5.41) is 6.15. The van der Waals surface area contributed by atoms with Gasteiger partial charge < -0.3 is 15.1 Å². The van der Waals surface area contributed by atoms with Crippen molar-refractivity contribution < 1.29 is 12.8 Å². The van der Waals surface area contributed by atoms with Gasteiger partial charge >= 0.3 is 0 Å². The van der Waals surface area contributed by atoms with Gasteiger partial charge in [0.05, 0.1) is 6.26 Å². The Bertz CT molecular complexity index is 730. The first-order valence-electron chi connectivity index (χ1n) is 7.56. The molecule has 8 nitrogen and oxygen atoms in total. The number of rotatable bonds is 8. The second-order valence-corrected chi connectivity index (χ2v) is 6.55. The van der Waals surface area contributed by atoms with Gasteiger partial charge in [0, 0.05) is 32.0 Å². The van der Waals surface area contributed by atoms with Gasteiger partial charge in [0.1, 0.15) is 17.2 Å². The number of hydrogen-bond donors (Lipinski definition) is 3. The Balaban J connectivity index is 1.81. The molecule has 0 radical (unpaired) electrons. The maximum absolute atomic E-state index is 12.0. The Hall–Kier alpha value is -2.39. The van der Waals surface area contributed by atoms with E-state index in [2.05, 4.69) is 25.3 Å². The van der Waals surface area contributed by atoms with Crippen molar-refractivity contribution in [3.8, 4) is 0 Å². The van der Waals surface area contributed by atoms with Crippen LogP contribution in [0.2, 0.25) is 0 Å². The molecule has 0 aromatic carbocycles. The van der Waals surface area contributed by atoms with Crippen molar-refractivity contribution in [1.29, 1.82) is 0 Å². The van der Waals surface area contributed by atoms with Crippen molar-refractivity contribution in [2.75, 3.05) is 19.6 Å². The molecule has 2 aromatic rings. The van der Waals surface area contributed by atoms with Crippen molar-refractivity contribution >= 4 is 16.0 Å². The summed E-state index contributed by atoms with van der Waals surface area (Å²) in [6, 6.07) is 6.72. The number of nitrogens with zero attached hydrogens (tertiary/aromatic N) is 2. The fourth-order valence-electron chi connectivity index (χ4n) is 1.86. The first-order chi connectivity index (χ1) is 11.6. The average molecular weight is 351 g/mol. The zero-order valence-corrected chi connectivity index (χ0v) is 14.2. The average Bonchev–Trinajstić information content (AvgIpc) is 3.11. The number of aliphatic imine (C=N–C) groups is 1. The number of pyridine rings is 1. The van der Waals surface area contributed by atoms with E-state index in [9.17, 15) is 8.42 Å². The Morgan fingerprint density at radius 2 is 2.12 bits per heavy atom. The standard InChI is InChI=1S/C15H21N5O3S/c1-2-17-15(19-11-13-5-4-10-23-13)18-8-9-20-24(21,22)14-6-3-7-16-12-14/h3-7,10,12,20H,2,8-9,11H2,1H3,(H2,17,18,19). The molecular weight excluding hydrogens is 330 g/mol. The highest BCUT2D eigenvalue weighted by atomic mass is 32.2. The van der Waals surface area contributed by atoms with Crippen LogP contribution in [0.15, 0.2) is 57.2 Å². The third kappa shape index (κ3) is 5.67. The van der Waals surface area contributed by atoms with Gasteiger partial charge in [-0.3, -0.25) is 4.98 Å². The zero-order valence-electron chi connectivity index (χ0n) is 13.4. The molecule has 0 saturated heterocycles. The summed E-state index contributed by atoms with van der Waals surface area (Å²) in [5.41, 5.74) is 0. The summed E-state index contributed by atoms with van der Waals surface area (Å²) in [6.07, 6.45) is 4.43. The van der Waals surface area contributed by atoms with Crippen LogP contribution in [-0.4, -0.2) is 39.0 Å². The Kier molecular flexibility index (Phi) is 6.76. The predicted octanol–water partition coefficient (Wildman–Crippen LogP) is 0.708. The molecule has 0 aliphatic heterocycles. The van der Waals surface area contributed by atoms with Crippen molar-refractivity contribution in [2.45, 2.75) is 18.4 Å². The number of furan rings is 1. The van der Waals surface area contributed by atoms with Gasteiger partial charge in [0.15, 0.2) is 5.96 Å². The smallest absolute Gasteiger partial charge is 0.242 e. The van der Waals surface area contributed by atoms with Crippen LogP contribution < -0.4 is 15.4 Å². The molecule has 2 heterocycles. The van der Waals surface area contributed by atoms with Gasteiger partial charge in [-0.05, 0) is 31.2 Å². The van der Waals surface area contributed by atoms with Crippen LogP contribution in [0.1, 0.15) is 12.7 Å². The maximum Gasteiger partial charge on any atom is 0.242 e. The predicted molar refractivity (Wildman–Crippen MR) is 91.0 cm³/mol. The molecule has 0 aliphatic rings. The zero-order chi connectivity index (χ0) is 17.3. The molecule has 0 amide bonds. The van der Waals surface area contributed by atoms with Crippen LogP contribution in [0.3, 0.4) is 0 Å². The molecule has 24 heavy (non-hydrogen) atoms. The van der Waals surface area contributed by atoms with E-state index in [0.717, 1.165) is 5.76 Å². The van der Waals surface area contributed by atoms with E-state index in [0.29, 0.717) is 25.6 Å². The topological polar surface area (TPSA) is 109 Å². The summed E-state index contributed by atoms with van der Waals surface area (Å²) in [6.45, 7) is 3.68. The van der Waals surface area contributed by atoms with E-state index in [4.69, 9.17) is 4.42 Å². The fourth-order valence-corrected chi connectivity index (χ4v) is 2.85. The van der Waals surface area contributed by atoms with Crippen LogP contribution in [-0.2, 0) is 16.6 Å². The van der Waals surface area contributed by atoms with E-state index < -0.39 is 10.0 Å². The molecule has 0 atom stereocenters. The molecule has 130 valence electrons. The van der Waals surface area contributed by atoms with Crippen molar-refractivity contribution in [3.63, 3.8) is 0 Å². The van der Waals surface area contributed by atoms with E-state index in [-0.39, 0.29) is 11.4 Å². The third-order valence-corrected chi connectivity index (χ3v) is 4.42. The monoisotopic (exact) mass is 351 g/mol. The number of nitrogens with one attached hydrogen (secondary N) is 3. The molecular formula is C15H21N5O3S. The van der Waals surface area contributed by atoms with E-state index in [1.807, 2.05) is 13.0 Å². The lowest BCUT2D eigenvalue weighted by atomic mass is 10.4. The molecule has 0 unspecified atom stereocenters. The molecule has 0 saturated carbocycles. The minimum atomic E-state index is -3.55. The number of sulfonamides is 1. The highest BCUT2D eigenvalue weighted by molar-refractivity contribution is 7.89. The first kappa shape index (κ1) is 18.0. The van der Waals surface area contributed by atoms with E-state index in [1.54, 1.807) is 18.4 Å². The van der Waals surface area contributed by atoms with Gasteiger partial charge in [0.2, 0.25) is 10.0 Å². The lowest BCUT2D eigenvalue weighted by molar-refractivity contribution is 0.512.